The number of nitriles is 1. The zero-order valence-corrected chi connectivity index (χ0v) is 10.7. The number of rotatable bonds is 3. The van der Waals surface area contributed by atoms with Gasteiger partial charge < -0.3 is 10.5 Å². The molecule has 2 rings (SSSR count). The molecule has 0 radical (unpaired) electrons. The van der Waals surface area contributed by atoms with Gasteiger partial charge in [-0.3, -0.25) is 4.90 Å². The molecule has 2 aliphatic rings. The average Bonchev–Trinajstić information content (AvgIpc) is 2.36. The van der Waals surface area contributed by atoms with Crippen molar-refractivity contribution in [3.05, 3.63) is 0 Å². The lowest BCUT2D eigenvalue weighted by atomic mass is 9.89. The van der Waals surface area contributed by atoms with Crippen LogP contribution in [0.25, 0.3) is 0 Å². The molecule has 1 aliphatic carbocycles. The second-order valence-corrected chi connectivity index (χ2v) is 5.58. The zero-order valence-electron chi connectivity index (χ0n) is 10.7. The lowest BCUT2D eigenvalue weighted by molar-refractivity contribution is -0.0888. The van der Waals surface area contributed by atoms with Crippen LogP contribution in [-0.4, -0.2) is 42.3 Å². The Morgan fingerprint density at radius 2 is 2.24 bits per heavy atom. The van der Waals surface area contributed by atoms with Gasteiger partial charge in [0.2, 0.25) is 0 Å². The molecule has 3 atom stereocenters. The predicted molar refractivity (Wildman–Crippen MR) is 66.4 cm³/mol. The van der Waals surface area contributed by atoms with Gasteiger partial charge in [-0.1, -0.05) is 12.8 Å². The molecule has 96 valence electrons. The van der Waals surface area contributed by atoms with Gasteiger partial charge in [-0.2, -0.15) is 5.26 Å². The molecule has 0 bridgehead atoms. The Hall–Kier alpha value is -0.630. The van der Waals surface area contributed by atoms with Crippen molar-refractivity contribution in [1.82, 2.24) is 4.90 Å². The normalized spacial score (nSPS) is 33.5. The fraction of sp³-hybridized carbons (Fsp3) is 0.923. The van der Waals surface area contributed by atoms with Gasteiger partial charge >= 0.3 is 0 Å². The monoisotopic (exact) mass is 237 g/mol. The molecule has 0 amide bonds. The summed E-state index contributed by atoms with van der Waals surface area (Å²) >= 11 is 0. The highest BCUT2D eigenvalue weighted by atomic mass is 16.5. The van der Waals surface area contributed by atoms with E-state index in [0.717, 1.165) is 26.1 Å². The molecule has 4 nitrogen and oxygen atoms in total. The number of nitrogens with two attached hydrogens (primary N) is 1. The maximum absolute atomic E-state index is 8.94. The van der Waals surface area contributed by atoms with Crippen LogP contribution in [0, 0.1) is 11.3 Å². The lowest BCUT2D eigenvalue weighted by Crippen LogP contribution is -2.54. The highest BCUT2D eigenvalue weighted by Crippen LogP contribution is 2.28. The summed E-state index contributed by atoms with van der Waals surface area (Å²) in [4.78, 5) is 2.48. The first kappa shape index (κ1) is 12.8. The minimum absolute atomic E-state index is 0.420. The molecule has 1 saturated heterocycles. The Kier molecular flexibility index (Phi) is 4.03. The summed E-state index contributed by atoms with van der Waals surface area (Å²) in [6.45, 7) is 4.55. The molecule has 0 aromatic rings. The van der Waals surface area contributed by atoms with Gasteiger partial charge in [0.05, 0.1) is 18.8 Å². The lowest BCUT2D eigenvalue weighted by Gasteiger charge is -2.44. The third-order valence-electron chi connectivity index (χ3n) is 4.02. The van der Waals surface area contributed by atoms with Crippen molar-refractivity contribution in [3.8, 4) is 6.07 Å². The summed E-state index contributed by atoms with van der Waals surface area (Å²) in [5.74, 6) is 0. The van der Waals surface area contributed by atoms with Gasteiger partial charge in [0.15, 0.2) is 0 Å². The van der Waals surface area contributed by atoms with Crippen LogP contribution < -0.4 is 5.73 Å². The summed E-state index contributed by atoms with van der Waals surface area (Å²) in [6, 6.07) is 2.73. The van der Waals surface area contributed by atoms with Gasteiger partial charge in [0, 0.05) is 19.1 Å². The standard InChI is InChI=1S/C13H23N3O/c1-13(15,10-14)6-7-16-8-9-17-12-5-3-2-4-11(12)16/h11-12H,2-9,15H2,1H3. The van der Waals surface area contributed by atoms with E-state index in [1.54, 1.807) is 0 Å². The molecule has 1 heterocycles. The minimum Gasteiger partial charge on any atom is -0.375 e. The highest BCUT2D eigenvalue weighted by molar-refractivity contribution is 5.01. The molecule has 1 aliphatic heterocycles. The van der Waals surface area contributed by atoms with Crippen molar-refractivity contribution in [2.45, 2.75) is 56.7 Å². The van der Waals surface area contributed by atoms with E-state index < -0.39 is 5.54 Å². The van der Waals surface area contributed by atoms with Crippen LogP contribution in [0.5, 0.6) is 0 Å². The molecule has 0 aromatic heterocycles. The predicted octanol–water partition coefficient (Wildman–Crippen LogP) is 1.26. The van der Waals surface area contributed by atoms with Gasteiger partial charge in [-0.05, 0) is 26.2 Å². The number of hydrogen-bond donors (Lipinski definition) is 1. The van der Waals surface area contributed by atoms with Crippen LogP contribution >= 0.6 is 0 Å². The maximum Gasteiger partial charge on any atom is 0.102 e. The summed E-state index contributed by atoms with van der Waals surface area (Å²) in [7, 11) is 0. The SMILES string of the molecule is CC(N)(C#N)CCN1CCOC2CCCCC21. The molecule has 0 spiro atoms. The van der Waals surface area contributed by atoms with E-state index in [1.807, 2.05) is 6.92 Å². The number of ether oxygens (including phenoxy) is 1. The van der Waals surface area contributed by atoms with Crippen LogP contribution in [0.15, 0.2) is 0 Å². The van der Waals surface area contributed by atoms with Crippen LogP contribution in [-0.2, 0) is 4.74 Å². The van der Waals surface area contributed by atoms with Crippen molar-refractivity contribution in [2.24, 2.45) is 5.73 Å². The fourth-order valence-electron chi connectivity index (χ4n) is 2.89. The van der Waals surface area contributed by atoms with Gasteiger partial charge in [-0.15, -0.1) is 0 Å². The first-order valence-corrected chi connectivity index (χ1v) is 6.68. The molecular formula is C13H23N3O. The van der Waals surface area contributed by atoms with E-state index in [1.165, 1.54) is 25.7 Å². The highest BCUT2D eigenvalue weighted by Gasteiger charge is 2.34. The molecule has 2 fully saturated rings. The Morgan fingerprint density at radius 3 is 3.00 bits per heavy atom. The Balaban J connectivity index is 1.89. The van der Waals surface area contributed by atoms with Gasteiger partial charge in [-0.25, -0.2) is 0 Å². The van der Waals surface area contributed by atoms with E-state index in [2.05, 4.69) is 11.0 Å². The molecule has 1 saturated carbocycles. The Labute approximate surface area is 104 Å². The minimum atomic E-state index is -0.692. The third-order valence-corrected chi connectivity index (χ3v) is 4.02. The average molecular weight is 237 g/mol. The van der Waals surface area contributed by atoms with Crippen LogP contribution in [0.1, 0.15) is 39.0 Å². The van der Waals surface area contributed by atoms with Crippen molar-refractivity contribution in [1.29, 1.82) is 5.26 Å². The summed E-state index contributed by atoms with van der Waals surface area (Å²) in [5.41, 5.74) is 5.19. The quantitative estimate of drug-likeness (QED) is 0.802. The maximum atomic E-state index is 8.94. The second-order valence-electron chi connectivity index (χ2n) is 5.58. The van der Waals surface area contributed by atoms with Crippen molar-refractivity contribution < 1.29 is 4.74 Å². The topological polar surface area (TPSA) is 62.3 Å². The van der Waals surface area contributed by atoms with Crippen LogP contribution in [0.2, 0.25) is 0 Å². The molecule has 2 N–H and O–H groups in total. The van der Waals surface area contributed by atoms with E-state index in [-0.39, 0.29) is 0 Å². The molecular weight excluding hydrogens is 214 g/mol. The zero-order chi connectivity index (χ0) is 12.3. The van der Waals surface area contributed by atoms with Crippen LogP contribution in [0.3, 0.4) is 0 Å². The van der Waals surface area contributed by atoms with Crippen LogP contribution in [0.4, 0.5) is 0 Å². The molecule has 17 heavy (non-hydrogen) atoms. The number of morpholine rings is 1. The first-order chi connectivity index (χ1) is 8.12. The van der Waals surface area contributed by atoms with Crippen molar-refractivity contribution >= 4 is 0 Å². The van der Waals surface area contributed by atoms with Crippen molar-refractivity contribution in [3.63, 3.8) is 0 Å². The van der Waals surface area contributed by atoms with E-state index in [9.17, 15) is 0 Å². The van der Waals surface area contributed by atoms with E-state index in [4.69, 9.17) is 15.7 Å². The summed E-state index contributed by atoms with van der Waals surface area (Å²) < 4.78 is 5.83. The van der Waals surface area contributed by atoms with E-state index >= 15 is 0 Å². The smallest absolute Gasteiger partial charge is 0.102 e. The molecule has 0 aromatic carbocycles. The Bertz CT molecular complexity index is 296. The van der Waals surface area contributed by atoms with Gasteiger partial charge in [0.1, 0.15) is 5.54 Å². The molecule has 4 heteroatoms. The first-order valence-electron chi connectivity index (χ1n) is 6.68. The molecule has 3 unspecified atom stereocenters. The third kappa shape index (κ3) is 3.19. The summed E-state index contributed by atoms with van der Waals surface area (Å²) in [6.07, 6.45) is 6.19. The number of nitrogens with zero attached hydrogens (tertiary/aromatic N) is 2. The summed E-state index contributed by atoms with van der Waals surface area (Å²) in [5, 5.41) is 8.94. The fourth-order valence-corrected chi connectivity index (χ4v) is 2.89. The van der Waals surface area contributed by atoms with E-state index in [0.29, 0.717) is 12.1 Å². The second kappa shape index (κ2) is 5.34. The Morgan fingerprint density at radius 1 is 1.47 bits per heavy atom. The number of fused-ring (bicyclic) bond motifs is 1. The van der Waals surface area contributed by atoms with Crippen molar-refractivity contribution in [2.75, 3.05) is 19.7 Å². The van der Waals surface area contributed by atoms with Gasteiger partial charge in [0.25, 0.3) is 0 Å². The largest absolute Gasteiger partial charge is 0.375 e. The number of hydrogen-bond acceptors (Lipinski definition) is 4.